The smallest absolute Gasteiger partial charge is 0.126 e. The molecule has 0 fully saturated rings. The lowest BCUT2D eigenvalue weighted by atomic mass is 10.1. The van der Waals surface area contributed by atoms with Gasteiger partial charge in [-0.15, -0.1) is 0 Å². The van der Waals surface area contributed by atoms with Gasteiger partial charge in [0.25, 0.3) is 0 Å². The van der Waals surface area contributed by atoms with Crippen molar-refractivity contribution in [3.63, 3.8) is 0 Å². The molecule has 0 aliphatic carbocycles. The van der Waals surface area contributed by atoms with Crippen LogP contribution in [0.5, 0.6) is 0 Å². The summed E-state index contributed by atoms with van der Waals surface area (Å²) < 4.78 is 31.5. The van der Waals surface area contributed by atoms with Crippen molar-refractivity contribution in [2.75, 3.05) is 11.5 Å². The van der Waals surface area contributed by atoms with Crippen LogP contribution in [0, 0.1) is 0 Å². The van der Waals surface area contributed by atoms with Gasteiger partial charge in [-0.05, 0) is 37.1 Å². The van der Waals surface area contributed by atoms with E-state index >= 15 is 0 Å². The highest BCUT2D eigenvalue weighted by Crippen LogP contribution is 2.20. The second kappa shape index (κ2) is 8.52. The van der Waals surface area contributed by atoms with Gasteiger partial charge in [-0.3, -0.25) is 0 Å². The zero-order valence-electron chi connectivity index (χ0n) is 13.1. The third-order valence-corrected chi connectivity index (χ3v) is 3.97. The van der Waals surface area contributed by atoms with Gasteiger partial charge in [0, 0.05) is 17.8 Å². The minimum absolute atomic E-state index is 0.0841. The molecule has 0 radical (unpaired) electrons. The van der Waals surface area contributed by atoms with E-state index in [1.807, 2.05) is 0 Å². The molecule has 0 aromatic heterocycles. The molecule has 2 aromatic rings. The maximum atomic E-state index is 10.5. The topological polar surface area (TPSA) is 137 Å². The van der Waals surface area contributed by atoms with E-state index in [4.69, 9.17) is 11.5 Å². The molecule has 0 spiro atoms. The first-order valence-corrected chi connectivity index (χ1v) is 8.59. The van der Waals surface area contributed by atoms with Gasteiger partial charge in [-0.1, -0.05) is 30.3 Å². The minimum Gasteiger partial charge on any atom is -0.744 e. The van der Waals surface area contributed by atoms with Gasteiger partial charge in [-0.25, -0.2) is 8.42 Å². The highest BCUT2D eigenvalue weighted by molar-refractivity contribution is 7.86. The number of hydrogen-bond donors (Lipinski definition) is 3. The van der Waals surface area contributed by atoms with Gasteiger partial charge >= 0.3 is 0 Å². The maximum absolute atomic E-state index is 10.5. The van der Waals surface area contributed by atoms with Gasteiger partial charge in [0.1, 0.15) is 10.1 Å². The Morgan fingerprint density at radius 1 is 1.13 bits per heavy atom. The third-order valence-electron chi connectivity index (χ3n) is 3.08. The van der Waals surface area contributed by atoms with E-state index < -0.39 is 15.0 Å². The Bertz CT molecular complexity index is 717. The molecule has 0 aliphatic heterocycles. The van der Waals surface area contributed by atoms with Crippen LogP contribution in [0.2, 0.25) is 0 Å². The van der Waals surface area contributed by atoms with Crippen molar-refractivity contribution in [1.29, 1.82) is 0 Å². The van der Waals surface area contributed by atoms with Crippen LogP contribution in [-0.2, 0) is 16.5 Å². The molecule has 126 valence electrons. The summed E-state index contributed by atoms with van der Waals surface area (Å²) in [5.74, 6) is 0. The molecule has 23 heavy (non-hydrogen) atoms. The fourth-order valence-corrected chi connectivity index (χ4v) is 2.46. The second-order valence-corrected chi connectivity index (χ2v) is 6.73. The summed E-state index contributed by atoms with van der Waals surface area (Å²) in [4.78, 5) is -0.470. The molecule has 0 heterocycles. The molecular weight excluding hydrogens is 314 g/mol. The van der Waals surface area contributed by atoms with Crippen LogP contribution in [0.4, 0.5) is 11.4 Å². The summed E-state index contributed by atoms with van der Waals surface area (Å²) >= 11 is 0. The first-order chi connectivity index (χ1) is 10.7. The fraction of sp³-hybridized carbons (Fsp3) is 0.250. The molecule has 0 saturated heterocycles. The van der Waals surface area contributed by atoms with Crippen LogP contribution in [-0.4, -0.2) is 19.0 Å². The Labute approximate surface area is 137 Å². The number of nitrogens with two attached hydrogens (primary N) is 2. The molecule has 0 bridgehead atoms. The summed E-state index contributed by atoms with van der Waals surface area (Å²) in [5, 5.41) is 0. The molecule has 0 aliphatic rings. The molecule has 7 heteroatoms. The van der Waals surface area contributed by atoms with Gasteiger partial charge in [-0.2, -0.15) is 0 Å². The highest BCUT2D eigenvalue weighted by atomic mass is 32.2. The lowest BCUT2D eigenvalue weighted by Crippen LogP contribution is -2.59. The quantitative estimate of drug-likeness (QED) is 0.564. The van der Waals surface area contributed by atoms with Crippen molar-refractivity contribution in [1.82, 2.24) is 0 Å². The zero-order valence-corrected chi connectivity index (χ0v) is 13.9. The molecular formula is C16H23N3O3S. The van der Waals surface area contributed by atoms with Crippen LogP contribution in [0.25, 0.3) is 0 Å². The van der Waals surface area contributed by atoms with E-state index in [9.17, 15) is 13.0 Å². The Morgan fingerprint density at radius 2 is 1.74 bits per heavy atom. The first kappa shape index (κ1) is 19.0. The minimum atomic E-state index is -4.51. The van der Waals surface area contributed by atoms with Crippen LogP contribution >= 0.6 is 0 Å². The largest absolute Gasteiger partial charge is 0.744 e. The zero-order chi connectivity index (χ0) is 17.5. The second-order valence-electron chi connectivity index (χ2n) is 5.38. The number of hydrogen-bond acceptors (Lipinski definition) is 5. The Kier molecular flexibility index (Phi) is 7.02. The van der Waals surface area contributed by atoms with Gasteiger partial charge in [0.15, 0.2) is 0 Å². The molecule has 0 amide bonds. The SMILES string of the molecule is CC([NH3+])CCc1ccccc1.Nc1ccc(N)c(S(=O)(=O)[O-])c1. The molecule has 6 nitrogen and oxygen atoms in total. The monoisotopic (exact) mass is 337 g/mol. The van der Waals surface area contributed by atoms with Gasteiger partial charge in [0.2, 0.25) is 0 Å². The van der Waals surface area contributed by atoms with E-state index in [0.29, 0.717) is 6.04 Å². The predicted octanol–water partition coefficient (Wildman–Crippen LogP) is 1.00. The lowest BCUT2D eigenvalue weighted by Gasteiger charge is -2.09. The summed E-state index contributed by atoms with van der Waals surface area (Å²) in [5.41, 5.74) is 16.0. The number of anilines is 2. The molecule has 1 atom stereocenters. The van der Waals surface area contributed by atoms with Crippen LogP contribution in [0.1, 0.15) is 18.9 Å². The lowest BCUT2D eigenvalue weighted by molar-refractivity contribution is -0.415. The van der Waals surface area contributed by atoms with Crippen molar-refractivity contribution in [2.24, 2.45) is 0 Å². The summed E-state index contributed by atoms with van der Waals surface area (Å²) in [6.45, 7) is 2.16. The van der Waals surface area contributed by atoms with E-state index in [1.54, 1.807) is 0 Å². The van der Waals surface area contributed by atoms with E-state index in [1.165, 1.54) is 24.1 Å². The van der Waals surface area contributed by atoms with Crippen molar-refractivity contribution in [2.45, 2.75) is 30.7 Å². The van der Waals surface area contributed by atoms with Crippen molar-refractivity contribution in [3.05, 3.63) is 54.1 Å². The van der Waals surface area contributed by atoms with Crippen molar-refractivity contribution in [3.8, 4) is 0 Å². The van der Waals surface area contributed by atoms with Gasteiger partial charge in [0.05, 0.1) is 10.9 Å². The molecule has 7 N–H and O–H groups in total. The summed E-state index contributed by atoms with van der Waals surface area (Å²) in [6, 6.07) is 14.9. The van der Waals surface area contributed by atoms with E-state index in [0.717, 1.165) is 12.5 Å². The number of aryl methyl sites for hydroxylation is 1. The normalized spacial score (nSPS) is 12.1. The molecule has 2 aromatic carbocycles. The summed E-state index contributed by atoms with van der Waals surface area (Å²) in [6.07, 6.45) is 2.34. The van der Waals surface area contributed by atoms with Crippen molar-refractivity contribution < 1.29 is 18.7 Å². The Balaban J connectivity index is 0.000000231. The third kappa shape index (κ3) is 7.14. The Hall–Kier alpha value is -2.09. The number of nitrogen functional groups attached to an aromatic ring is 2. The predicted molar refractivity (Wildman–Crippen MR) is 90.3 cm³/mol. The standard InChI is InChI=1S/C10H15N.C6H8N2O3S/c1-9(11)7-8-10-5-3-2-4-6-10;7-4-1-2-5(8)6(3-4)12(9,10)11/h2-6,9H,7-8,11H2,1H3;1-3H,7-8H2,(H,9,10,11). The Morgan fingerprint density at radius 3 is 2.22 bits per heavy atom. The highest BCUT2D eigenvalue weighted by Gasteiger charge is 2.05. The van der Waals surface area contributed by atoms with E-state index in [-0.39, 0.29) is 11.4 Å². The van der Waals surface area contributed by atoms with Crippen LogP contribution in [0.15, 0.2) is 53.4 Å². The van der Waals surface area contributed by atoms with E-state index in [2.05, 4.69) is 43.0 Å². The first-order valence-electron chi connectivity index (χ1n) is 7.18. The average molecular weight is 337 g/mol. The molecule has 1 unspecified atom stereocenters. The van der Waals surface area contributed by atoms with Crippen molar-refractivity contribution >= 4 is 21.5 Å². The molecule has 0 saturated carbocycles. The maximum Gasteiger partial charge on any atom is 0.126 e. The van der Waals surface area contributed by atoms with Gasteiger partial charge < -0.3 is 21.8 Å². The van der Waals surface area contributed by atoms with Crippen LogP contribution in [0.3, 0.4) is 0 Å². The summed E-state index contributed by atoms with van der Waals surface area (Å²) in [7, 11) is -4.51. The average Bonchev–Trinajstić information content (AvgIpc) is 2.48. The van der Waals surface area contributed by atoms with Crippen LogP contribution < -0.4 is 17.2 Å². The fourth-order valence-electron chi connectivity index (χ4n) is 1.83. The number of quaternary nitrogens is 1. The number of benzene rings is 2. The number of rotatable bonds is 4. The molecule has 2 rings (SSSR count).